The second-order valence-electron chi connectivity index (χ2n) is 6.26. The van der Waals surface area contributed by atoms with E-state index in [1.807, 2.05) is 5.43 Å². The van der Waals surface area contributed by atoms with Crippen LogP contribution in [-0.4, -0.2) is 23.8 Å². The number of hydrazine groups is 1. The van der Waals surface area contributed by atoms with Gasteiger partial charge in [-0.05, 0) is 42.9 Å². The summed E-state index contributed by atoms with van der Waals surface area (Å²) in [5.41, 5.74) is 4.10. The van der Waals surface area contributed by atoms with Crippen LogP contribution in [0.5, 0.6) is 0 Å². The first kappa shape index (κ1) is 17.2. The molecule has 3 rings (SSSR count). The molecule has 25 heavy (non-hydrogen) atoms. The summed E-state index contributed by atoms with van der Waals surface area (Å²) in [5.74, 6) is -2.87. The van der Waals surface area contributed by atoms with Crippen LogP contribution in [0.15, 0.2) is 24.3 Å². The van der Waals surface area contributed by atoms with E-state index in [0.29, 0.717) is 12.0 Å². The molecule has 1 aromatic rings. The molecule has 0 bridgehead atoms. The van der Waals surface area contributed by atoms with Crippen LogP contribution in [0.3, 0.4) is 0 Å². The summed E-state index contributed by atoms with van der Waals surface area (Å²) >= 11 is 0. The Hall–Kier alpha value is -2.58. The summed E-state index contributed by atoms with van der Waals surface area (Å²) in [6.07, 6.45) is -2.25. The highest BCUT2D eigenvalue weighted by Gasteiger charge is 2.44. The zero-order valence-electron chi connectivity index (χ0n) is 13.0. The lowest BCUT2D eigenvalue weighted by Gasteiger charge is -2.08. The van der Waals surface area contributed by atoms with Crippen molar-refractivity contribution < 1.29 is 27.6 Å². The van der Waals surface area contributed by atoms with Gasteiger partial charge in [0.15, 0.2) is 0 Å². The van der Waals surface area contributed by atoms with Crippen LogP contribution in [0.1, 0.15) is 36.3 Å². The Morgan fingerprint density at radius 1 is 0.960 bits per heavy atom. The van der Waals surface area contributed by atoms with Crippen LogP contribution in [0.2, 0.25) is 0 Å². The van der Waals surface area contributed by atoms with E-state index < -0.39 is 35.4 Å². The minimum Gasteiger partial charge on any atom is -0.345 e. The fourth-order valence-electron chi connectivity index (χ4n) is 2.52. The SMILES string of the molecule is O=C(NNC(=O)C1CC1c1ccc(C(F)(F)F)cc1)C(=O)NC1CC1. The minimum absolute atomic E-state index is 0.0291. The molecule has 1 aromatic carbocycles. The highest BCUT2D eigenvalue weighted by Crippen LogP contribution is 2.47. The van der Waals surface area contributed by atoms with E-state index in [4.69, 9.17) is 0 Å². The van der Waals surface area contributed by atoms with Gasteiger partial charge in [0.05, 0.1) is 5.56 Å². The van der Waals surface area contributed by atoms with Gasteiger partial charge < -0.3 is 5.32 Å². The molecule has 2 aliphatic carbocycles. The molecule has 0 radical (unpaired) electrons. The molecule has 0 aliphatic heterocycles. The number of rotatable bonds is 3. The smallest absolute Gasteiger partial charge is 0.345 e. The lowest BCUT2D eigenvalue weighted by Crippen LogP contribution is -2.49. The average Bonchev–Trinajstić information content (AvgIpc) is 3.45. The number of hydrogen-bond acceptors (Lipinski definition) is 3. The topological polar surface area (TPSA) is 87.3 Å². The number of carbonyl (C=O) groups excluding carboxylic acids is 3. The lowest BCUT2D eigenvalue weighted by atomic mass is 10.1. The van der Waals surface area contributed by atoms with Gasteiger partial charge in [0.1, 0.15) is 0 Å². The van der Waals surface area contributed by atoms with Gasteiger partial charge in [-0.25, -0.2) is 0 Å². The van der Waals surface area contributed by atoms with Crippen molar-refractivity contribution in [3.8, 4) is 0 Å². The van der Waals surface area contributed by atoms with E-state index >= 15 is 0 Å². The van der Waals surface area contributed by atoms with Crippen LogP contribution in [0.25, 0.3) is 0 Å². The first-order valence-corrected chi connectivity index (χ1v) is 7.83. The van der Waals surface area contributed by atoms with Crippen LogP contribution >= 0.6 is 0 Å². The Labute approximate surface area is 141 Å². The molecule has 2 fully saturated rings. The molecule has 0 heterocycles. The van der Waals surface area contributed by atoms with Gasteiger partial charge in [-0.1, -0.05) is 12.1 Å². The van der Waals surface area contributed by atoms with Gasteiger partial charge in [0, 0.05) is 12.0 Å². The maximum atomic E-state index is 12.5. The summed E-state index contributed by atoms with van der Waals surface area (Å²) in [7, 11) is 0. The number of alkyl halides is 3. The van der Waals surface area contributed by atoms with Gasteiger partial charge in [-0.3, -0.25) is 25.2 Å². The fourth-order valence-corrected chi connectivity index (χ4v) is 2.52. The number of amides is 3. The normalized spacial score (nSPS) is 22.0. The highest BCUT2D eigenvalue weighted by atomic mass is 19.4. The van der Waals surface area contributed by atoms with Crippen molar-refractivity contribution in [3.63, 3.8) is 0 Å². The summed E-state index contributed by atoms with van der Waals surface area (Å²) in [4.78, 5) is 34.9. The minimum atomic E-state index is -4.40. The monoisotopic (exact) mass is 355 g/mol. The molecule has 0 aromatic heterocycles. The summed E-state index contributed by atoms with van der Waals surface area (Å²) in [6.45, 7) is 0. The largest absolute Gasteiger partial charge is 0.416 e. The molecule has 2 saturated carbocycles. The molecule has 2 unspecified atom stereocenters. The number of halogens is 3. The van der Waals surface area contributed by atoms with E-state index in [1.165, 1.54) is 12.1 Å². The van der Waals surface area contributed by atoms with Gasteiger partial charge in [0.25, 0.3) is 0 Å². The van der Waals surface area contributed by atoms with Crippen molar-refractivity contribution in [3.05, 3.63) is 35.4 Å². The van der Waals surface area contributed by atoms with Gasteiger partial charge in [-0.2, -0.15) is 13.2 Å². The van der Waals surface area contributed by atoms with Gasteiger partial charge in [0.2, 0.25) is 5.91 Å². The zero-order chi connectivity index (χ0) is 18.2. The maximum absolute atomic E-state index is 12.5. The predicted octanol–water partition coefficient (Wildman–Crippen LogP) is 1.23. The molecule has 6 nitrogen and oxygen atoms in total. The molecule has 0 saturated heterocycles. The zero-order valence-corrected chi connectivity index (χ0v) is 13.0. The fraction of sp³-hybridized carbons (Fsp3) is 0.438. The second-order valence-corrected chi connectivity index (χ2v) is 6.26. The third kappa shape index (κ3) is 4.28. The van der Waals surface area contributed by atoms with Gasteiger partial charge in [-0.15, -0.1) is 0 Å². The van der Waals surface area contributed by atoms with Crippen molar-refractivity contribution in [1.82, 2.24) is 16.2 Å². The molecule has 2 atom stereocenters. The Balaban J connectivity index is 1.47. The summed E-state index contributed by atoms with van der Waals surface area (Å²) < 4.78 is 37.6. The molecule has 3 N–H and O–H groups in total. The Morgan fingerprint density at radius 2 is 1.60 bits per heavy atom. The number of hydrogen-bond donors (Lipinski definition) is 3. The first-order chi connectivity index (χ1) is 11.8. The highest BCUT2D eigenvalue weighted by molar-refractivity contribution is 6.35. The predicted molar refractivity (Wildman–Crippen MR) is 79.7 cm³/mol. The Bertz CT molecular complexity index is 699. The standard InChI is InChI=1S/C16H16F3N3O3/c17-16(18,19)9-3-1-8(2-4-9)11-7-12(11)13(23)21-22-15(25)14(24)20-10-5-6-10/h1-4,10-12H,5-7H2,(H,20,24)(H,21,23)(H,22,25). The number of benzene rings is 1. The quantitative estimate of drug-likeness (QED) is 0.563. The molecule has 0 spiro atoms. The maximum Gasteiger partial charge on any atom is 0.416 e. The molecule has 134 valence electrons. The molecule has 2 aliphatic rings. The van der Waals surface area contributed by atoms with E-state index in [1.54, 1.807) is 0 Å². The van der Waals surface area contributed by atoms with E-state index in [-0.39, 0.29) is 12.0 Å². The van der Waals surface area contributed by atoms with E-state index in [2.05, 4.69) is 10.7 Å². The van der Waals surface area contributed by atoms with Crippen LogP contribution < -0.4 is 16.2 Å². The van der Waals surface area contributed by atoms with Crippen LogP contribution in [0, 0.1) is 5.92 Å². The molecule has 3 amide bonds. The average molecular weight is 355 g/mol. The van der Waals surface area contributed by atoms with Crippen LogP contribution in [0.4, 0.5) is 13.2 Å². The number of nitrogens with one attached hydrogen (secondary N) is 3. The lowest BCUT2D eigenvalue weighted by molar-refractivity contribution is -0.141. The molecule has 9 heteroatoms. The third-order valence-corrected chi connectivity index (χ3v) is 4.21. The van der Waals surface area contributed by atoms with E-state index in [0.717, 1.165) is 25.0 Å². The second kappa shape index (κ2) is 6.38. The summed E-state index contributed by atoms with van der Waals surface area (Å²) in [6, 6.07) is 4.69. The van der Waals surface area contributed by atoms with Crippen molar-refractivity contribution in [2.45, 2.75) is 37.4 Å². The van der Waals surface area contributed by atoms with Crippen molar-refractivity contribution in [2.75, 3.05) is 0 Å². The number of carbonyl (C=O) groups is 3. The Morgan fingerprint density at radius 3 is 2.16 bits per heavy atom. The summed E-state index contributed by atoms with van der Waals surface area (Å²) in [5, 5.41) is 2.48. The van der Waals surface area contributed by atoms with Crippen molar-refractivity contribution in [1.29, 1.82) is 0 Å². The van der Waals surface area contributed by atoms with Crippen molar-refractivity contribution in [2.24, 2.45) is 5.92 Å². The van der Waals surface area contributed by atoms with Gasteiger partial charge >= 0.3 is 18.0 Å². The van der Waals surface area contributed by atoms with Crippen molar-refractivity contribution >= 4 is 17.7 Å². The van der Waals surface area contributed by atoms with Crippen LogP contribution in [-0.2, 0) is 20.6 Å². The Kier molecular flexibility index (Phi) is 4.40. The first-order valence-electron chi connectivity index (χ1n) is 7.83. The third-order valence-electron chi connectivity index (χ3n) is 4.21. The van der Waals surface area contributed by atoms with E-state index in [9.17, 15) is 27.6 Å². The molecular weight excluding hydrogens is 339 g/mol. The molecular formula is C16H16F3N3O3.